The molecule has 0 bridgehead atoms. The molecule has 1 saturated heterocycles. The normalized spacial score (nSPS) is 20.6. The predicted octanol–water partition coefficient (Wildman–Crippen LogP) is 4.26. The van der Waals surface area contributed by atoms with Crippen LogP contribution in [0.3, 0.4) is 0 Å². The summed E-state index contributed by atoms with van der Waals surface area (Å²) >= 11 is 0. The summed E-state index contributed by atoms with van der Waals surface area (Å²) in [5.41, 5.74) is 1.30. The highest BCUT2D eigenvalue weighted by Crippen LogP contribution is 2.22. The van der Waals surface area contributed by atoms with Crippen LogP contribution in [0.4, 0.5) is 9.59 Å². The van der Waals surface area contributed by atoms with Gasteiger partial charge >= 0.3 is 12.2 Å². The summed E-state index contributed by atoms with van der Waals surface area (Å²) in [4.78, 5) is 26.4. The monoisotopic (exact) mass is 374 g/mol. The van der Waals surface area contributed by atoms with Gasteiger partial charge in [0.1, 0.15) is 12.2 Å². The van der Waals surface area contributed by atoms with E-state index in [2.05, 4.69) is 11.9 Å². The maximum atomic E-state index is 12.7. The number of carbonyl (C=O) groups excluding carboxylic acids is 2. The fourth-order valence-corrected chi connectivity index (χ4v) is 2.90. The zero-order valence-electron chi connectivity index (χ0n) is 16.7. The third kappa shape index (κ3) is 6.62. The van der Waals surface area contributed by atoms with E-state index in [-0.39, 0.29) is 18.7 Å². The van der Waals surface area contributed by atoms with E-state index in [0.29, 0.717) is 13.0 Å². The average Bonchev–Trinajstić information content (AvgIpc) is 2.72. The van der Waals surface area contributed by atoms with Crippen molar-refractivity contribution >= 4 is 12.2 Å². The molecule has 1 N–H and O–H groups in total. The Morgan fingerprint density at radius 2 is 1.93 bits per heavy atom. The summed E-state index contributed by atoms with van der Waals surface area (Å²) in [6, 6.07) is 9.17. The fraction of sp³-hybridized carbons (Fsp3) is 0.524. The van der Waals surface area contributed by atoms with Gasteiger partial charge in [-0.1, -0.05) is 42.5 Å². The highest BCUT2D eigenvalue weighted by atomic mass is 16.6. The lowest BCUT2D eigenvalue weighted by Gasteiger charge is -2.30. The Balaban J connectivity index is 2.00. The SMILES string of the molecule is C=C1CC[C@H](NC(=O)OC(C)(C)C)CN(C(=O)OCc2ccccc2)[C@H]1C. The Hall–Kier alpha value is -2.50. The molecule has 1 fully saturated rings. The smallest absolute Gasteiger partial charge is 0.410 e. The molecule has 0 radical (unpaired) electrons. The lowest BCUT2D eigenvalue weighted by molar-refractivity contribution is 0.0476. The molecule has 0 spiro atoms. The summed E-state index contributed by atoms with van der Waals surface area (Å²) in [7, 11) is 0. The molecule has 27 heavy (non-hydrogen) atoms. The molecule has 2 atom stereocenters. The zero-order valence-corrected chi connectivity index (χ0v) is 16.7. The van der Waals surface area contributed by atoms with Crippen LogP contribution in [0.1, 0.15) is 46.1 Å². The summed E-state index contributed by atoms with van der Waals surface area (Å²) in [5.74, 6) is 0. The number of carbonyl (C=O) groups is 2. The van der Waals surface area contributed by atoms with E-state index in [0.717, 1.165) is 17.6 Å². The van der Waals surface area contributed by atoms with E-state index in [9.17, 15) is 9.59 Å². The molecule has 1 aliphatic heterocycles. The van der Waals surface area contributed by atoms with Crippen molar-refractivity contribution in [3.8, 4) is 0 Å². The van der Waals surface area contributed by atoms with Crippen LogP contribution in [0.25, 0.3) is 0 Å². The van der Waals surface area contributed by atoms with E-state index in [1.807, 2.05) is 58.0 Å². The second kappa shape index (κ2) is 8.93. The van der Waals surface area contributed by atoms with Gasteiger partial charge in [0.05, 0.1) is 12.1 Å². The quantitative estimate of drug-likeness (QED) is 0.803. The molecular weight excluding hydrogens is 344 g/mol. The molecular formula is C21H30N2O4. The van der Waals surface area contributed by atoms with Crippen LogP contribution in [-0.2, 0) is 16.1 Å². The van der Waals surface area contributed by atoms with Crippen LogP contribution < -0.4 is 5.32 Å². The molecule has 0 aliphatic carbocycles. The Bertz CT molecular complexity index is 667. The summed E-state index contributed by atoms with van der Waals surface area (Å²) in [6.07, 6.45) is 0.533. The Kier molecular flexibility index (Phi) is 6.88. The Morgan fingerprint density at radius 3 is 2.56 bits per heavy atom. The number of nitrogens with one attached hydrogen (secondary N) is 1. The molecule has 0 unspecified atom stereocenters. The number of hydrogen-bond donors (Lipinski definition) is 1. The molecule has 6 heteroatoms. The Labute approximate surface area is 161 Å². The van der Waals surface area contributed by atoms with Gasteiger partial charge in [0, 0.05) is 6.54 Å². The first-order valence-electron chi connectivity index (χ1n) is 9.30. The van der Waals surface area contributed by atoms with Gasteiger partial charge in [0.2, 0.25) is 0 Å². The van der Waals surface area contributed by atoms with E-state index < -0.39 is 17.8 Å². The lowest BCUT2D eigenvalue weighted by Crippen LogP contribution is -2.48. The predicted molar refractivity (Wildman–Crippen MR) is 104 cm³/mol. The molecule has 2 amide bonds. The van der Waals surface area contributed by atoms with Gasteiger partial charge in [0.15, 0.2) is 0 Å². The van der Waals surface area contributed by atoms with Crippen LogP contribution in [0.2, 0.25) is 0 Å². The molecule has 1 aromatic carbocycles. The minimum atomic E-state index is -0.569. The van der Waals surface area contributed by atoms with Gasteiger partial charge in [-0.2, -0.15) is 0 Å². The van der Waals surface area contributed by atoms with Gasteiger partial charge in [-0.15, -0.1) is 0 Å². The first kappa shape index (κ1) is 20.8. The highest BCUT2D eigenvalue weighted by Gasteiger charge is 2.31. The second-order valence-electron chi connectivity index (χ2n) is 7.91. The van der Waals surface area contributed by atoms with Crippen LogP contribution in [0.5, 0.6) is 0 Å². The van der Waals surface area contributed by atoms with Crippen molar-refractivity contribution in [2.75, 3.05) is 6.54 Å². The Morgan fingerprint density at radius 1 is 1.26 bits per heavy atom. The number of rotatable bonds is 3. The number of amides is 2. The van der Waals surface area contributed by atoms with Gasteiger partial charge in [-0.3, -0.25) is 4.90 Å². The largest absolute Gasteiger partial charge is 0.445 e. The van der Waals surface area contributed by atoms with Crippen LogP contribution in [0.15, 0.2) is 42.5 Å². The third-order valence-electron chi connectivity index (χ3n) is 4.45. The van der Waals surface area contributed by atoms with Gasteiger partial charge in [0.25, 0.3) is 0 Å². The van der Waals surface area contributed by atoms with Gasteiger partial charge < -0.3 is 14.8 Å². The molecule has 1 heterocycles. The summed E-state index contributed by atoms with van der Waals surface area (Å²) in [5, 5.41) is 2.86. The lowest BCUT2D eigenvalue weighted by atomic mass is 10.1. The third-order valence-corrected chi connectivity index (χ3v) is 4.45. The zero-order chi connectivity index (χ0) is 20.0. The number of nitrogens with zero attached hydrogens (tertiary/aromatic N) is 1. The first-order valence-corrected chi connectivity index (χ1v) is 9.30. The number of hydrogen-bond acceptors (Lipinski definition) is 4. The minimum Gasteiger partial charge on any atom is -0.445 e. The van der Waals surface area contributed by atoms with Crippen LogP contribution in [-0.4, -0.2) is 41.3 Å². The fourth-order valence-electron chi connectivity index (χ4n) is 2.90. The number of ether oxygens (including phenoxy) is 2. The van der Waals surface area contributed by atoms with Crippen molar-refractivity contribution in [1.29, 1.82) is 0 Å². The minimum absolute atomic E-state index is 0.154. The highest BCUT2D eigenvalue weighted by molar-refractivity contribution is 5.70. The average molecular weight is 374 g/mol. The number of benzene rings is 1. The van der Waals surface area contributed by atoms with E-state index in [4.69, 9.17) is 9.47 Å². The van der Waals surface area contributed by atoms with Gasteiger partial charge in [-0.25, -0.2) is 9.59 Å². The second-order valence-corrected chi connectivity index (χ2v) is 7.91. The van der Waals surface area contributed by atoms with Crippen molar-refractivity contribution in [1.82, 2.24) is 10.2 Å². The molecule has 148 valence electrons. The summed E-state index contributed by atoms with van der Waals surface area (Å²) in [6.45, 7) is 12.0. The standard InChI is InChI=1S/C21H30N2O4/c1-15-11-12-18(22-19(24)27-21(3,4)5)13-23(16(15)2)20(25)26-14-17-9-7-6-8-10-17/h6-10,16,18H,1,11-14H2,2-5H3,(H,22,24)/t16-,18-/m0/s1. The maximum absolute atomic E-state index is 12.7. The summed E-state index contributed by atoms with van der Waals surface area (Å²) < 4.78 is 10.8. The topological polar surface area (TPSA) is 67.9 Å². The van der Waals surface area contributed by atoms with Crippen molar-refractivity contribution in [3.63, 3.8) is 0 Å². The van der Waals surface area contributed by atoms with E-state index in [1.165, 1.54) is 0 Å². The first-order chi connectivity index (χ1) is 12.7. The van der Waals surface area contributed by atoms with Crippen LogP contribution >= 0.6 is 0 Å². The number of alkyl carbamates (subject to hydrolysis) is 1. The molecule has 2 rings (SSSR count). The van der Waals surface area contributed by atoms with Crippen molar-refractivity contribution in [2.45, 2.75) is 64.8 Å². The van der Waals surface area contributed by atoms with Gasteiger partial charge in [-0.05, 0) is 46.1 Å². The van der Waals surface area contributed by atoms with Crippen molar-refractivity contribution in [3.05, 3.63) is 48.0 Å². The molecule has 0 aromatic heterocycles. The molecule has 1 aromatic rings. The van der Waals surface area contributed by atoms with E-state index in [1.54, 1.807) is 4.90 Å². The van der Waals surface area contributed by atoms with Crippen molar-refractivity contribution < 1.29 is 19.1 Å². The number of likely N-dealkylation sites (tertiary alicyclic amines) is 1. The molecule has 6 nitrogen and oxygen atoms in total. The van der Waals surface area contributed by atoms with Crippen LogP contribution in [0, 0.1) is 0 Å². The van der Waals surface area contributed by atoms with Crippen molar-refractivity contribution in [2.24, 2.45) is 0 Å². The van der Waals surface area contributed by atoms with E-state index >= 15 is 0 Å². The molecule has 1 aliphatic rings. The maximum Gasteiger partial charge on any atom is 0.410 e. The molecule has 0 saturated carbocycles.